The van der Waals surface area contributed by atoms with E-state index in [9.17, 15) is 27.9 Å². The third-order valence-electron chi connectivity index (χ3n) is 9.74. The Morgan fingerprint density at radius 3 is 2.43 bits per heavy atom. The number of amides is 2. The highest BCUT2D eigenvalue weighted by Gasteiger charge is 2.45. The first-order valence-electron chi connectivity index (χ1n) is 15.8. The average Bonchev–Trinajstić information content (AvgIpc) is 3.49. The van der Waals surface area contributed by atoms with Gasteiger partial charge in [-0.25, -0.2) is 9.78 Å². The number of carboxylic acid groups (broad SMARTS) is 1. The lowest BCUT2D eigenvalue weighted by Crippen LogP contribution is -2.62. The van der Waals surface area contributed by atoms with Gasteiger partial charge in [-0.3, -0.25) is 9.78 Å². The van der Waals surface area contributed by atoms with E-state index in [4.69, 9.17) is 4.43 Å². The molecule has 5 rings (SSSR count). The van der Waals surface area contributed by atoms with Gasteiger partial charge in [0, 0.05) is 49.4 Å². The van der Waals surface area contributed by atoms with Crippen molar-refractivity contribution >= 4 is 48.3 Å². The average molecular weight is 673 g/mol. The molecule has 1 aromatic carbocycles. The first kappa shape index (κ1) is 34.4. The second-order valence-corrected chi connectivity index (χ2v) is 18.9. The van der Waals surface area contributed by atoms with Crippen molar-refractivity contribution < 1.29 is 32.3 Å². The smallest absolute Gasteiger partial charge is 0.405 e. The van der Waals surface area contributed by atoms with Crippen LogP contribution in [0.25, 0.3) is 10.9 Å². The maximum Gasteiger partial charge on any atom is 0.405 e. The lowest BCUT2D eigenvalue weighted by Gasteiger charge is -2.48. The summed E-state index contributed by atoms with van der Waals surface area (Å²) in [7, 11) is -2.21. The van der Waals surface area contributed by atoms with Crippen LogP contribution in [-0.2, 0) is 4.43 Å². The SMILES string of the molecule is C[C@H]1CN(c2ccncc2NC(=O)c2ccc3ccc(N4CCC(C(F)(F)F)C4)cc3n2)C[C@@H](NC(=O)O)[C@H]1O[Si](C)(C)C(C)(C)C. The van der Waals surface area contributed by atoms with Crippen LogP contribution in [0.3, 0.4) is 0 Å². The summed E-state index contributed by atoms with van der Waals surface area (Å²) in [5.41, 5.74) is 2.38. The summed E-state index contributed by atoms with van der Waals surface area (Å²) < 4.78 is 46.5. The van der Waals surface area contributed by atoms with Crippen LogP contribution in [0.2, 0.25) is 18.1 Å². The van der Waals surface area contributed by atoms with Crippen LogP contribution in [0, 0.1) is 11.8 Å². The number of hydrogen-bond acceptors (Lipinski definition) is 7. The quantitative estimate of drug-likeness (QED) is 0.236. The van der Waals surface area contributed by atoms with Crippen LogP contribution >= 0.6 is 0 Å². The van der Waals surface area contributed by atoms with Crippen molar-refractivity contribution in [1.82, 2.24) is 15.3 Å². The first-order chi connectivity index (χ1) is 21.9. The fourth-order valence-corrected chi connectivity index (χ4v) is 7.53. The molecule has 2 aliphatic heterocycles. The van der Waals surface area contributed by atoms with Gasteiger partial charge in [-0.15, -0.1) is 0 Å². The molecule has 2 fully saturated rings. The van der Waals surface area contributed by atoms with E-state index in [-0.39, 0.29) is 35.7 Å². The van der Waals surface area contributed by atoms with E-state index in [0.29, 0.717) is 42.2 Å². The third kappa shape index (κ3) is 7.64. The fourth-order valence-electron chi connectivity index (χ4n) is 6.10. The van der Waals surface area contributed by atoms with Crippen LogP contribution < -0.4 is 20.4 Å². The van der Waals surface area contributed by atoms with Gasteiger partial charge in [0.15, 0.2) is 8.32 Å². The molecule has 0 bridgehead atoms. The van der Waals surface area contributed by atoms with E-state index in [0.717, 1.165) is 5.39 Å². The molecule has 4 atom stereocenters. The largest absolute Gasteiger partial charge is 0.465 e. The molecule has 0 spiro atoms. The van der Waals surface area contributed by atoms with Gasteiger partial charge >= 0.3 is 12.3 Å². The van der Waals surface area contributed by atoms with Crippen molar-refractivity contribution in [2.45, 2.75) is 70.6 Å². The molecule has 2 amide bonds. The Morgan fingerprint density at radius 2 is 1.77 bits per heavy atom. The van der Waals surface area contributed by atoms with E-state index in [2.05, 4.69) is 54.5 Å². The number of aromatic nitrogens is 2. The number of fused-ring (bicyclic) bond motifs is 1. The molecule has 2 saturated heterocycles. The fraction of sp³-hybridized carbons (Fsp3) is 0.515. The molecule has 4 heterocycles. The number of piperidine rings is 1. The standard InChI is InChI=1S/C33H43F3N6O4Si/c1-20-17-42(19-27(40-31(44)45)29(20)46-47(5,6)32(2,3)4)28-11-13-37-16-26(28)39-30(43)24-10-8-21-7-9-23(15-25(21)38-24)41-14-12-22(18-41)33(34,35)36/h7-11,13,15-16,20,22,27,29,40H,12,14,17-19H2,1-6H3,(H,39,43)(H,44,45)/t20-,22?,27+,29-/m0/s1. The van der Waals surface area contributed by atoms with Gasteiger partial charge in [-0.1, -0.05) is 39.8 Å². The molecular weight excluding hydrogens is 629 g/mol. The summed E-state index contributed by atoms with van der Waals surface area (Å²) in [6.07, 6.45) is -2.50. The Balaban J connectivity index is 1.35. The van der Waals surface area contributed by atoms with E-state index < -0.39 is 38.5 Å². The third-order valence-corrected chi connectivity index (χ3v) is 14.2. The second kappa shape index (κ2) is 12.9. The number of pyridine rings is 2. The van der Waals surface area contributed by atoms with E-state index in [1.54, 1.807) is 53.7 Å². The number of alkyl halides is 3. The summed E-state index contributed by atoms with van der Waals surface area (Å²) in [6.45, 7) is 13.9. The minimum Gasteiger partial charge on any atom is -0.465 e. The predicted octanol–water partition coefficient (Wildman–Crippen LogP) is 6.75. The van der Waals surface area contributed by atoms with Crippen LogP contribution in [-0.4, -0.2) is 79.9 Å². The first-order valence-corrected chi connectivity index (χ1v) is 18.7. The molecular formula is C33H43F3N6O4Si. The molecule has 14 heteroatoms. The Bertz CT molecular complexity index is 1630. The molecule has 1 unspecified atom stereocenters. The summed E-state index contributed by atoms with van der Waals surface area (Å²) in [5, 5.41) is 16.0. The highest BCUT2D eigenvalue weighted by Crippen LogP contribution is 2.40. The molecule has 2 aliphatic rings. The topological polar surface area (TPSA) is 120 Å². The summed E-state index contributed by atoms with van der Waals surface area (Å²) in [5.74, 6) is -1.88. The number of carbonyl (C=O) groups excluding carboxylic acids is 1. The van der Waals surface area contributed by atoms with Crippen molar-refractivity contribution in [1.29, 1.82) is 0 Å². The lowest BCUT2D eigenvalue weighted by atomic mass is 9.92. The Labute approximate surface area is 273 Å². The number of halogens is 3. The minimum absolute atomic E-state index is 0.0372. The Morgan fingerprint density at radius 1 is 1.04 bits per heavy atom. The molecule has 10 nitrogen and oxygen atoms in total. The Kier molecular flexibility index (Phi) is 9.48. The van der Waals surface area contributed by atoms with Gasteiger partial charge in [0.25, 0.3) is 5.91 Å². The molecule has 0 radical (unpaired) electrons. The Hall–Kier alpha value is -3.91. The van der Waals surface area contributed by atoms with Gasteiger partial charge in [0.1, 0.15) is 5.69 Å². The number of anilines is 3. The zero-order chi connectivity index (χ0) is 34.3. The molecule has 3 N–H and O–H groups in total. The summed E-state index contributed by atoms with van der Waals surface area (Å²) >= 11 is 0. The van der Waals surface area contributed by atoms with E-state index in [1.165, 1.54) is 0 Å². The zero-order valence-corrected chi connectivity index (χ0v) is 28.6. The normalized spacial score (nSPS) is 22.4. The predicted molar refractivity (Wildman–Crippen MR) is 179 cm³/mol. The minimum atomic E-state index is -4.24. The van der Waals surface area contributed by atoms with Gasteiger partial charge in [0.2, 0.25) is 0 Å². The number of nitrogens with one attached hydrogen (secondary N) is 2. The van der Waals surface area contributed by atoms with Crippen LogP contribution in [0.1, 0.15) is 44.6 Å². The second-order valence-electron chi connectivity index (χ2n) is 14.2. The summed E-state index contributed by atoms with van der Waals surface area (Å²) in [6, 6.07) is 9.90. The van der Waals surface area contributed by atoms with E-state index in [1.807, 2.05) is 11.8 Å². The molecule has 0 saturated carbocycles. The van der Waals surface area contributed by atoms with Crippen molar-refractivity contribution in [2.75, 3.05) is 41.3 Å². The van der Waals surface area contributed by atoms with Gasteiger partial charge in [-0.05, 0) is 48.8 Å². The van der Waals surface area contributed by atoms with Gasteiger partial charge in [-0.2, -0.15) is 13.2 Å². The van der Waals surface area contributed by atoms with E-state index >= 15 is 0 Å². The molecule has 254 valence electrons. The van der Waals surface area contributed by atoms with Crippen molar-refractivity contribution in [3.05, 3.63) is 54.5 Å². The number of hydrogen-bond donors (Lipinski definition) is 3. The number of nitrogens with zero attached hydrogens (tertiary/aromatic N) is 4. The molecule has 47 heavy (non-hydrogen) atoms. The monoisotopic (exact) mass is 672 g/mol. The highest BCUT2D eigenvalue weighted by atomic mass is 28.4. The van der Waals surface area contributed by atoms with Gasteiger partial charge < -0.3 is 30.0 Å². The van der Waals surface area contributed by atoms with Crippen molar-refractivity contribution in [3.8, 4) is 0 Å². The van der Waals surface area contributed by atoms with Gasteiger partial charge in [0.05, 0.1) is 41.2 Å². The molecule has 0 aliphatic carbocycles. The number of benzene rings is 1. The maximum atomic E-state index is 13.5. The van der Waals surface area contributed by atoms with Crippen LogP contribution in [0.4, 0.5) is 35.0 Å². The molecule has 2 aromatic heterocycles. The zero-order valence-electron chi connectivity index (χ0n) is 27.6. The van der Waals surface area contributed by atoms with Crippen molar-refractivity contribution in [3.63, 3.8) is 0 Å². The lowest BCUT2D eigenvalue weighted by molar-refractivity contribution is -0.168. The highest BCUT2D eigenvalue weighted by molar-refractivity contribution is 6.74. The van der Waals surface area contributed by atoms with Crippen LogP contribution in [0.5, 0.6) is 0 Å². The summed E-state index contributed by atoms with van der Waals surface area (Å²) in [4.78, 5) is 37.8. The van der Waals surface area contributed by atoms with Crippen molar-refractivity contribution in [2.24, 2.45) is 11.8 Å². The molecule has 3 aromatic rings. The number of carbonyl (C=O) groups is 2. The van der Waals surface area contributed by atoms with Crippen LogP contribution in [0.15, 0.2) is 48.8 Å². The maximum absolute atomic E-state index is 13.5. The number of rotatable bonds is 7.